The lowest BCUT2D eigenvalue weighted by Gasteiger charge is -2.29. The number of carbonyl (C=O) groups excluding carboxylic acids is 1. The van der Waals surface area contributed by atoms with E-state index < -0.39 is 18.5 Å². The van der Waals surface area contributed by atoms with Gasteiger partial charge in [0.05, 0.1) is 0 Å². The van der Waals surface area contributed by atoms with Gasteiger partial charge in [-0.1, -0.05) is 25.1 Å². The summed E-state index contributed by atoms with van der Waals surface area (Å²) in [6.45, 7) is 2.01. The molecule has 0 aromatic heterocycles. The summed E-state index contributed by atoms with van der Waals surface area (Å²) in [4.78, 5) is 16.4. The number of halogens is 3. The van der Waals surface area contributed by atoms with E-state index in [1.54, 1.807) is 4.90 Å². The molecule has 1 heterocycles. The van der Waals surface area contributed by atoms with Crippen LogP contribution < -0.4 is 10.2 Å². The number of nitrogens with one attached hydrogen (secondary N) is 1. The van der Waals surface area contributed by atoms with Crippen molar-refractivity contribution in [3.63, 3.8) is 0 Å². The van der Waals surface area contributed by atoms with Gasteiger partial charge in [0.25, 0.3) is 0 Å². The first kappa shape index (κ1) is 19.6. The van der Waals surface area contributed by atoms with Crippen LogP contribution in [0.25, 0.3) is 0 Å². The van der Waals surface area contributed by atoms with Crippen LogP contribution in [0.1, 0.15) is 25.3 Å². The van der Waals surface area contributed by atoms with Gasteiger partial charge in [-0.15, -0.1) is 0 Å². The van der Waals surface area contributed by atoms with Crippen molar-refractivity contribution in [3.8, 4) is 0 Å². The molecule has 2 rings (SSSR count). The molecule has 0 saturated carbocycles. The van der Waals surface area contributed by atoms with Gasteiger partial charge in [-0.25, -0.2) is 4.79 Å². The summed E-state index contributed by atoms with van der Waals surface area (Å²) < 4.78 is 37.3. The number of likely N-dealkylation sites (N-methyl/N-ethyl adjacent to an activating group) is 1. The van der Waals surface area contributed by atoms with Gasteiger partial charge in [0.1, 0.15) is 0 Å². The zero-order chi connectivity index (χ0) is 18.6. The van der Waals surface area contributed by atoms with Crippen LogP contribution in [0.3, 0.4) is 0 Å². The number of hydrogen-bond donors (Lipinski definition) is 1. The third kappa shape index (κ3) is 5.63. The van der Waals surface area contributed by atoms with Crippen molar-refractivity contribution in [3.05, 3.63) is 29.8 Å². The molecule has 2 atom stereocenters. The number of carbonyl (C=O) groups is 1. The van der Waals surface area contributed by atoms with Crippen molar-refractivity contribution in [2.45, 2.75) is 38.4 Å². The number of para-hydroxylation sites is 1. The molecule has 0 saturated heterocycles. The number of rotatable bonds is 4. The van der Waals surface area contributed by atoms with Crippen LogP contribution in [0, 0.1) is 5.92 Å². The number of alkyl halides is 3. The molecule has 1 aliphatic rings. The summed E-state index contributed by atoms with van der Waals surface area (Å²) in [6, 6.07) is 7.57. The number of anilines is 1. The Kier molecular flexibility index (Phi) is 6.32. The van der Waals surface area contributed by atoms with E-state index in [1.165, 1.54) is 6.92 Å². The first-order chi connectivity index (χ1) is 11.7. The summed E-state index contributed by atoms with van der Waals surface area (Å²) in [5.74, 6) is -0.657. The second-order valence-corrected chi connectivity index (χ2v) is 7.01. The third-order valence-corrected chi connectivity index (χ3v) is 4.58. The monoisotopic (exact) mass is 357 g/mol. The van der Waals surface area contributed by atoms with Gasteiger partial charge in [0.2, 0.25) is 0 Å². The van der Waals surface area contributed by atoms with E-state index in [4.69, 9.17) is 0 Å². The van der Waals surface area contributed by atoms with E-state index in [-0.39, 0.29) is 18.6 Å². The Bertz CT molecular complexity index is 589. The van der Waals surface area contributed by atoms with Gasteiger partial charge in [0.15, 0.2) is 0 Å². The summed E-state index contributed by atoms with van der Waals surface area (Å²) in [7, 11) is 3.95. The largest absolute Gasteiger partial charge is 0.389 e. The van der Waals surface area contributed by atoms with Crippen LogP contribution in [-0.2, 0) is 6.42 Å². The smallest absolute Gasteiger partial charge is 0.337 e. The Morgan fingerprint density at radius 1 is 1.36 bits per heavy atom. The van der Waals surface area contributed by atoms with Gasteiger partial charge in [-0.2, -0.15) is 13.2 Å². The maximum Gasteiger partial charge on any atom is 0.389 e. The predicted octanol–water partition coefficient (Wildman–Crippen LogP) is 3.67. The minimum atomic E-state index is -4.21. The summed E-state index contributed by atoms with van der Waals surface area (Å²) in [5.41, 5.74) is 1.93. The summed E-state index contributed by atoms with van der Waals surface area (Å²) in [6.07, 6.45) is -3.31. The van der Waals surface area contributed by atoms with Crippen LogP contribution in [0.4, 0.5) is 23.7 Å². The maximum atomic E-state index is 12.7. The van der Waals surface area contributed by atoms with E-state index in [0.29, 0.717) is 6.54 Å². The molecule has 0 aliphatic carbocycles. The minimum absolute atomic E-state index is 0.00361. The highest BCUT2D eigenvalue weighted by molar-refractivity contribution is 5.93. The molecular weight excluding hydrogens is 331 g/mol. The van der Waals surface area contributed by atoms with Gasteiger partial charge in [0, 0.05) is 31.2 Å². The van der Waals surface area contributed by atoms with Crippen molar-refractivity contribution in [1.82, 2.24) is 10.2 Å². The van der Waals surface area contributed by atoms with Crippen molar-refractivity contribution >= 4 is 11.7 Å². The predicted molar refractivity (Wildman–Crippen MR) is 92.8 cm³/mol. The fourth-order valence-electron chi connectivity index (χ4n) is 3.15. The second kappa shape index (κ2) is 8.08. The quantitative estimate of drug-likeness (QED) is 0.892. The molecule has 1 aromatic rings. The highest BCUT2D eigenvalue weighted by atomic mass is 19.4. The standard InChI is InChI=1S/C18H26F3N3O/c1-13(10-18(19,20)21)11-22-17(25)24-12-15(23(2)3)9-8-14-6-4-5-7-16(14)24/h4-7,13,15H,8-12H2,1-3H3,(H,22,25)/t13-,15?/m1/s1. The molecule has 1 aliphatic heterocycles. The lowest BCUT2D eigenvalue weighted by Crippen LogP contribution is -2.47. The molecule has 0 spiro atoms. The number of benzene rings is 1. The first-order valence-corrected chi connectivity index (χ1v) is 8.54. The lowest BCUT2D eigenvalue weighted by atomic mass is 10.1. The average molecular weight is 357 g/mol. The van der Waals surface area contributed by atoms with Gasteiger partial charge < -0.3 is 10.2 Å². The molecule has 1 N–H and O–H groups in total. The molecule has 7 heteroatoms. The number of aryl methyl sites for hydroxylation is 1. The Morgan fingerprint density at radius 3 is 2.68 bits per heavy atom. The van der Waals surface area contributed by atoms with Gasteiger partial charge >= 0.3 is 12.2 Å². The Hall–Kier alpha value is -1.76. The Labute approximate surface area is 147 Å². The summed E-state index contributed by atoms with van der Waals surface area (Å²) >= 11 is 0. The van der Waals surface area contributed by atoms with E-state index >= 15 is 0 Å². The van der Waals surface area contributed by atoms with Gasteiger partial charge in [-0.3, -0.25) is 4.90 Å². The molecule has 0 radical (unpaired) electrons. The minimum Gasteiger partial charge on any atom is -0.337 e. The SMILES string of the molecule is C[C@@H](CNC(=O)N1CC(N(C)C)CCc2ccccc21)CC(F)(F)F. The molecule has 0 bridgehead atoms. The number of urea groups is 1. The molecule has 0 fully saturated rings. The fraction of sp³-hybridized carbons (Fsp3) is 0.611. The number of hydrogen-bond acceptors (Lipinski definition) is 2. The van der Waals surface area contributed by atoms with Crippen LogP contribution in [0.2, 0.25) is 0 Å². The maximum absolute atomic E-state index is 12.7. The van der Waals surface area contributed by atoms with Crippen LogP contribution in [-0.4, -0.2) is 50.3 Å². The molecular formula is C18H26F3N3O. The van der Waals surface area contributed by atoms with E-state index in [2.05, 4.69) is 10.2 Å². The lowest BCUT2D eigenvalue weighted by molar-refractivity contribution is -0.142. The fourth-order valence-corrected chi connectivity index (χ4v) is 3.15. The van der Waals surface area contributed by atoms with Crippen LogP contribution in [0.5, 0.6) is 0 Å². The zero-order valence-corrected chi connectivity index (χ0v) is 14.9. The van der Waals surface area contributed by atoms with Crippen molar-refractivity contribution in [2.75, 3.05) is 32.1 Å². The van der Waals surface area contributed by atoms with Crippen LogP contribution in [0.15, 0.2) is 24.3 Å². The normalized spacial score (nSPS) is 19.3. The Morgan fingerprint density at radius 2 is 2.04 bits per heavy atom. The van der Waals surface area contributed by atoms with E-state index in [0.717, 1.165) is 24.1 Å². The molecule has 2 amide bonds. The molecule has 4 nitrogen and oxygen atoms in total. The number of fused-ring (bicyclic) bond motifs is 1. The highest BCUT2D eigenvalue weighted by Gasteiger charge is 2.31. The second-order valence-electron chi connectivity index (χ2n) is 7.01. The number of nitrogens with zero attached hydrogens (tertiary/aromatic N) is 2. The Balaban J connectivity index is 2.09. The summed E-state index contributed by atoms with van der Waals surface area (Å²) in [5, 5.41) is 2.67. The molecule has 1 unspecified atom stereocenters. The van der Waals surface area contributed by atoms with Crippen LogP contribution >= 0.6 is 0 Å². The highest BCUT2D eigenvalue weighted by Crippen LogP contribution is 2.28. The number of amides is 2. The molecule has 140 valence electrons. The third-order valence-electron chi connectivity index (χ3n) is 4.58. The zero-order valence-electron chi connectivity index (χ0n) is 14.9. The molecule has 25 heavy (non-hydrogen) atoms. The van der Waals surface area contributed by atoms with Crippen molar-refractivity contribution < 1.29 is 18.0 Å². The average Bonchev–Trinajstić information content (AvgIpc) is 2.71. The topological polar surface area (TPSA) is 35.6 Å². The van der Waals surface area contributed by atoms with Gasteiger partial charge in [-0.05, 0) is 44.5 Å². The van der Waals surface area contributed by atoms with E-state index in [9.17, 15) is 18.0 Å². The van der Waals surface area contributed by atoms with E-state index in [1.807, 2.05) is 38.4 Å². The van der Waals surface area contributed by atoms with Crippen molar-refractivity contribution in [2.24, 2.45) is 5.92 Å². The molecule has 1 aromatic carbocycles. The first-order valence-electron chi connectivity index (χ1n) is 8.54. The van der Waals surface area contributed by atoms with Crippen molar-refractivity contribution in [1.29, 1.82) is 0 Å².